The van der Waals surface area contributed by atoms with Gasteiger partial charge in [-0.25, -0.2) is 0 Å². The van der Waals surface area contributed by atoms with E-state index < -0.39 is 5.91 Å². The minimum Gasteiger partial charge on any atom is -0.369 e. The molecule has 4 nitrogen and oxygen atoms in total. The molecule has 0 bridgehead atoms. The second-order valence-corrected chi connectivity index (χ2v) is 4.81. The van der Waals surface area contributed by atoms with Crippen molar-refractivity contribution in [3.05, 3.63) is 34.4 Å². The Morgan fingerprint density at radius 1 is 1.06 bits per heavy atom. The van der Waals surface area contributed by atoms with Crippen LogP contribution >= 0.6 is 0 Å². The van der Waals surface area contributed by atoms with Crippen molar-refractivity contribution in [3.8, 4) is 0 Å². The highest BCUT2D eigenvalue weighted by Gasteiger charge is 2.14. The van der Waals surface area contributed by atoms with Crippen molar-refractivity contribution in [2.45, 2.75) is 20.8 Å². The van der Waals surface area contributed by atoms with Gasteiger partial charge in [-0.3, -0.25) is 14.5 Å². The number of carbonyl (C=O) groups excluding carboxylic acids is 2. The van der Waals surface area contributed by atoms with Crippen LogP contribution in [0, 0.1) is 20.8 Å². The van der Waals surface area contributed by atoms with Crippen molar-refractivity contribution in [2.75, 3.05) is 20.1 Å². The van der Waals surface area contributed by atoms with Gasteiger partial charge in [0.05, 0.1) is 13.1 Å². The van der Waals surface area contributed by atoms with E-state index in [0.717, 1.165) is 16.7 Å². The van der Waals surface area contributed by atoms with Crippen LogP contribution in [0.15, 0.2) is 12.1 Å². The highest BCUT2D eigenvalue weighted by Crippen LogP contribution is 2.16. The summed E-state index contributed by atoms with van der Waals surface area (Å²) in [6.07, 6.45) is 0. The molecule has 1 aromatic carbocycles. The third kappa shape index (κ3) is 3.67. The smallest absolute Gasteiger partial charge is 0.231 e. The minimum atomic E-state index is -0.429. The van der Waals surface area contributed by atoms with Gasteiger partial charge in [0.2, 0.25) is 5.91 Å². The summed E-state index contributed by atoms with van der Waals surface area (Å²) in [5, 5.41) is 0. The van der Waals surface area contributed by atoms with Crippen molar-refractivity contribution in [1.29, 1.82) is 0 Å². The van der Waals surface area contributed by atoms with E-state index in [-0.39, 0.29) is 18.9 Å². The largest absolute Gasteiger partial charge is 0.369 e. The van der Waals surface area contributed by atoms with Gasteiger partial charge in [-0.1, -0.05) is 6.07 Å². The van der Waals surface area contributed by atoms with Crippen LogP contribution in [-0.4, -0.2) is 36.7 Å². The second kappa shape index (κ2) is 5.78. The van der Waals surface area contributed by atoms with E-state index in [9.17, 15) is 9.59 Å². The summed E-state index contributed by atoms with van der Waals surface area (Å²) in [6.45, 7) is 6.23. The van der Waals surface area contributed by atoms with Gasteiger partial charge in [-0.2, -0.15) is 0 Å². The Morgan fingerprint density at radius 3 is 2.17 bits per heavy atom. The molecule has 1 amide bonds. The van der Waals surface area contributed by atoms with Crippen molar-refractivity contribution in [2.24, 2.45) is 5.73 Å². The molecule has 0 aromatic heterocycles. The number of aryl methyl sites for hydroxylation is 3. The third-order valence-corrected chi connectivity index (χ3v) is 2.98. The fourth-order valence-electron chi connectivity index (χ4n) is 1.91. The lowest BCUT2D eigenvalue weighted by Gasteiger charge is -2.15. The van der Waals surface area contributed by atoms with Gasteiger partial charge in [-0.05, 0) is 50.6 Å². The van der Waals surface area contributed by atoms with Gasteiger partial charge < -0.3 is 5.73 Å². The van der Waals surface area contributed by atoms with Gasteiger partial charge in [0.15, 0.2) is 5.78 Å². The maximum absolute atomic E-state index is 12.1. The Hall–Kier alpha value is -1.68. The van der Waals surface area contributed by atoms with Crippen LogP contribution in [0.5, 0.6) is 0 Å². The number of nitrogens with two attached hydrogens (primary N) is 1. The number of benzene rings is 1. The van der Waals surface area contributed by atoms with Gasteiger partial charge >= 0.3 is 0 Å². The predicted molar refractivity (Wildman–Crippen MR) is 71.7 cm³/mol. The van der Waals surface area contributed by atoms with Crippen LogP contribution in [0.4, 0.5) is 0 Å². The van der Waals surface area contributed by atoms with Crippen LogP contribution in [0.1, 0.15) is 27.0 Å². The molecule has 0 aliphatic rings. The molecule has 1 aromatic rings. The summed E-state index contributed by atoms with van der Waals surface area (Å²) in [5.74, 6) is -0.415. The Bertz CT molecular complexity index is 481. The number of Topliss-reactive ketones (excluding diaryl/α,β-unsaturated/α-hetero) is 1. The van der Waals surface area contributed by atoms with Crippen molar-refractivity contribution >= 4 is 11.7 Å². The molecule has 2 N–H and O–H groups in total. The lowest BCUT2D eigenvalue weighted by molar-refractivity contribution is -0.118. The van der Waals surface area contributed by atoms with Crippen LogP contribution in [0.3, 0.4) is 0 Å². The maximum Gasteiger partial charge on any atom is 0.231 e. The molecular weight excluding hydrogens is 228 g/mol. The average Bonchev–Trinajstić information content (AvgIpc) is 2.21. The van der Waals surface area contributed by atoms with Gasteiger partial charge in [0.25, 0.3) is 0 Å². The van der Waals surface area contributed by atoms with Crippen LogP contribution < -0.4 is 5.73 Å². The number of hydrogen-bond donors (Lipinski definition) is 1. The maximum atomic E-state index is 12.1. The highest BCUT2D eigenvalue weighted by molar-refractivity contribution is 5.99. The monoisotopic (exact) mass is 248 g/mol. The Kier molecular flexibility index (Phi) is 4.62. The standard InChI is InChI=1S/C14H20N2O2/c1-9-5-11(3)12(6-10(9)2)13(17)7-16(4)8-14(15)18/h5-6H,7-8H2,1-4H3,(H2,15,18). The molecule has 0 heterocycles. The van der Waals surface area contributed by atoms with Crippen molar-refractivity contribution < 1.29 is 9.59 Å². The van der Waals surface area contributed by atoms with Gasteiger partial charge in [0.1, 0.15) is 0 Å². The average molecular weight is 248 g/mol. The third-order valence-electron chi connectivity index (χ3n) is 2.98. The molecule has 1 rings (SSSR count). The highest BCUT2D eigenvalue weighted by atomic mass is 16.1. The lowest BCUT2D eigenvalue weighted by Crippen LogP contribution is -2.34. The van der Waals surface area contributed by atoms with Crippen molar-refractivity contribution in [3.63, 3.8) is 0 Å². The summed E-state index contributed by atoms with van der Waals surface area (Å²) in [7, 11) is 1.71. The van der Waals surface area contributed by atoms with E-state index in [1.54, 1.807) is 11.9 Å². The molecule has 0 aliphatic heterocycles. The zero-order valence-electron chi connectivity index (χ0n) is 11.4. The SMILES string of the molecule is Cc1cc(C)c(C(=O)CN(C)CC(N)=O)cc1C. The summed E-state index contributed by atoms with van der Waals surface area (Å²) in [5.41, 5.74) is 9.05. The molecule has 0 saturated heterocycles. The number of likely N-dealkylation sites (N-methyl/N-ethyl adjacent to an activating group) is 1. The summed E-state index contributed by atoms with van der Waals surface area (Å²) in [4.78, 5) is 24.5. The molecule has 0 fully saturated rings. The number of ketones is 1. The Morgan fingerprint density at radius 2 is 1.61 bits per heavy atom. The topological polar surface area (TPSA) is 63.4 Å². The second-order valence-electron chi connectivity index (χ2n) is 4.81. The molecular formula is C14H20N2O2. The first-order valence-corrected chi connectivity index (χ1v) is 5.89. The summed E-state index contributed by atoms with van der Waals surface area (Å²) in [6, 6.07) is 3.92. The van der Waals surface area contributed by atoms with E-state index in [2.05, 4.69) is 0 Å². The first-order chi connectivity index (χ1) is 8.31. The molecule has 0 aliphatic carbocycles. The molecule has 0 radical (unpaired) electrons. The first-order valence-electron chi connectivity index (χ1n) is 5.89. The Labute approximate surface area is 108 Å². The van der Waals surface area contributed by atoms with Crippen LogP contribution in [0.25, 0.3) is 0 Å². The molecule has 0 saturated carbocycles. The summed E-state index contributed by atoms with van der Waals surface area (Å²) >= 11 is 0. The quantitative estimate of drug-likeness (QED) is 0.797. The molecule has 0 atom stereocenters. The summed E-state index contributed by atoms with van der Waals surface area (Å²) < 4.78 is 0. The Balaban J connectivity index is 2.85. The van der Waals surface area contributed by atoms with E-state index in [1.807, 2.05) is 32.9 Å². The zero-order valence-corrected chi connectivity index (χ0v) is 11.4. The number of primary amides is 1. The van der Waals surface area contributed by atoms with Gasteiger partial charge in [-0.15, -0.1) is 0 Å². The minimum absolute atomic E-state index is 0.0133. The van der Waals surface area contributed by atoms with E-state index in [4.69, 9.17) is 5.73 Å². The zero-order chi connectivity index (χ0) is 13.9. The molecule has 98 valence electrons. The van der Waals surface area contributed by atoms with Crippen LogP contribution in [0.2, 0.25) is 0 Å². The molecule has 18 heavy (non-hydrogen) atoms. The number of carbonyl (C=O) groups is 2. The number of amides is 1. The number of nitrogens with zero attached hydrogens (tertiary/aromatic N) is 1. The van der Waals surface area contributed by atoms with Crippen molar-refractivity contribution in [1.82, 2.24) is 4.90 Å². The van der Waals surface area contributed by atoms with E-state index in [1.165, 1.54) is 5.56 Å². The first kappa shape index (κ1) is 14.4. The number of rotatable bonds is 5. The van der Waals surface area contributed by atoms with E-state index in [0.29, 0.717) is 0 Å². The molecule has 0 unspecified atom stereocenters. The molecule has 0 spiro atoms. The normalized spacial score (nSPS) is 10.7. The molecule has 4 heteroatoms. The van der Waals surface area contributed by atoms with E-state index >= 15 is 0 Å². The fourth-order valence-corrected chi connectivity index (χ4v) is 1.91. The van der Waals surface area contributed by atoms with Gasteiger partial charge in [0, 0.05) is 5.56 Å². The fraction of sp³-hybridized carbons (Fsp3) is 0.429. The predicted octanol–water partition coefficient (Wildman–Crippen LogP) is 1.21. The number of hydrogen-bond acceptors (Lipinski definition) is 3. The van der Waals surface area contributed by atoms with Crippen LogP contribution in [-0.2, 0) is 4.79 Å². The lowest BCUT2D eigenvalue weighted by atomic mass is 9.98.